The summed E-state index contributed by atoms with van der Waals surface area (Å²) in [6.45, 7) is 5.46. The highest BCUT2D eigenvalue weighted by Gasteiger charge is 2.28. The summed E-state index contributed by atoms with van der Waals surface area (Å²) in [5.41, 5.74) is 0. The monoisotopic (exact) mass is 213 g/mol. The summed E-state index contributed by atoms with van der Waals surface area (Å²) in [4.78, 5) is 11.3. The van der Waals surface area contributed by atoms with Crippen molar-refractivity contribution in [3.05, 3.63) is 0 Å². The zero-order valence-corrected chi connectivity index (χ0v) is 10.1. The number of carbonyl (C=O) groups is 1. The maximum absolute atomic E-state index is 11.3. The Morgan fingerprint density at radius 1 is 1.47 bits per heavy atom. The lowest BCUT2D eigenvalue weighted by atomic mass is 9.82. The molecule has 3 heteroatoms. The molecule has 3 nitrogen and oxygen atoms in total. The lowest BCUT2D eigenvalue weighted by Crippen LogP contribution is -2.42. The predicted octanol–water partition coefficient (Wildman–Crippen LogP) is 1.96. The van der Waals surface area contributed by atoms with Crippen molar-refractivity contribution >= 4 is 5.97 Å². The minimum atomic E-state index is -0.0823. The number of esters is 1. The smallest absolute Gasteiger partial charge is 0.305 e. The van der Waals surface area contributed by atoms with E-state index in [0.29, 0.717) is 24.3 Å². The maximum atomic E-state index is 11.3. The molecule has 0 saturated carbocycles. The number of nitrogens with one attached hydrogen (secondary N) is 1. The molecule has 0 aromatic rings. The van der Waals surface area contributed by atoms with Gasteiger partial charge in [0.2, 0.25) is 0 Å². The largest absolute Gasteiger partial charge is 0.469 e. The van der Waals surface area contributed by atoms with Gasteiger partial charge in [-0.15, -0.1) is 0 Å². The van der Waals surface area contributed by atoms with Gasteiger partial charge in [-0.2, -0.15) is 0 Å². The zero-order valence-electron chi connectivity index (χ0n) is 10.1. The van der Waals surface area contributed by atoms with E-state index in [0.717, 1.165) is 6.54 Å². The molecule has 1 rings (SSSR count). The number of ether oxygens (including phenoxy) is 1. The van der Waals surface area contributed by atoms with Gasteiger partial charge in [-0.3, -0.25) is 4.79 Å². The standard InChI is InChI=1S/C12H23NO2/c1-9(2)10(8-12(14)15-3)11-6-4-5-7-13-11/h9-11,13H,4-8H2,1-3H3. The van der Waals surface area contributed by atoms with Crippen molar-refractivity contribution in [2.45, 2.75) is 45.6 Å². The molecule has 15 heavy (non-hydrogen) atoms. The fourth-order valence-electron chi connectivity index (χ4n) is 2.36. The molecule has 1 aliphatic heterocycles. The van der Waals surface area contributed by atoms with E-state index >= 15 is 0 Å². The highest BCUT2D eigenvalue weighted by atomic mass is 16.5. The first-order valence-electron chi connectivity index (χ1n) is 5.95. The van der Waals surface area contributed by atoms with Gasteiger partial charge in [0, 0.05) is 6.04 Å². The van der Waals surface area contributed by atoms with Gasteiger partial charge in [-0.25, -0.2) is 0 Å². The molecule has 1 N–H and O–H groups in total. The van der Waals surface area contributed by atoms with E-state index in [1.54, 1.807) is 0 Å². The molecule has 1 heterocycles. The molecule has 0 bridgehead atoms. The molecule has 1 aliphatic rings. The molecule has 88 valence electrons. The molecular weight excluding hydrogens is 190 g/mol. The van der Waals surface area contributed by atoms with Crippen molar-refractivity contribution < 1.29 is 9.53 Å². The summed E-state index contributed by atoms with van der Waals surface area (Å²) in [5.74, 6) is 0.860. The second-order valence-corrected chi connectivity index (χ2v) is 4.74. The van der Waals surface area contributed by atoms with Gasteiger partial charge in [-0.05, 0) is 31.2 Å². The lowest BCUT2D eigenvalue weighted by Gasteiger charge is -2.33. The van der Waals surface area contributed by atoms with Crippen LogP contribution in [0, 0.1) is 11.8 Å². The molecule has 2 unspecified atom stereocenters. The number of rotatable bonds is 4. The van der Waals surface area contributed by atoms with Crippen LogP contribution in [0.5, 0.6) is 0 Å². The maximum Gasteiger partial charge on any atom is 0.305 e. The molecule has 0 aromatic heterocycles. The van der Waals surface area contributed by atoms with Crippen LogP contribution in [0.2, 0.25) is 0 Å². The number of hydrogen-bond donors (Lipinski definition) is 1. The van der Waals surface area contributed by atoms with Crippen LogP contribution in [0.1, 0.15) is 39.5 Å². The molecule has 1 fully saturated rings. The number of methoxy groups -OCH3 is 1. The molecule has 1 saturated heterocycles. The number of carbonyl (C=O) groups excluding carboxylic acids is 1. The van der Waals surface area contributed by atoms with E-state index in [2.05, 4.69) is 19.2 Å². The minimum Gasteiger partial charge on any atom is -0.469 e. The quantitative estimate of drug-likeness (QED) is 0.726. The van der Waals surface area contributed by atoms with Gasteiger partial charge in [0.05, 0.1) is 13.5 Å². The van der Waals surface area contributed by atoms with Crippen LogP contribution in [-0.2, 0) is 9.53 Å². The zero-order chi connectivity index (χ0) is 11.3. The second-order valence-electron chi connectivity index (χ2n) is 4.74. The molecular formula is C12H23NO2. The molecule has 0 amide bonds. The van der Waals surface area contributed by atoms with Crippen LogP contribution in [0.25, 0.3) is 0 Å². The Morgan fingerprint density at radius 2 is 2.20 bits per heavy atom. The average molecular weight is 213 g/mol. The fourth-order valence-corrected chi connectivity index (χ4v) is 2.36. The number of piperidine rings is 1. The number of hydrogen-bond acceptors (Lipinski definition) is 3. The summed E-state index contributed by atoms with van der Waals surface area (Å²) in [6, 6.07) is 0.498. The second kappa shape index (κ2) is 6.11. The van der Waals surface area contributed by atoms with Crippen molar-refractivity contribution in [3.63, 3.8) is 0 Å². The lowest BCUT2D eigenvalue weighted by molar-refractivity contribution is -0.142. The van der Waals surface area contributed by atoms with Crippen molar-refractivity contribution in [1.29, 1.82) is 0 Å². The van der Waals surface area contributed by atoms with Gasteiger partial charge in [-0.1, -0.05) is 20.3 Å². The first-order chi connectivity index (χ1) is 7.15. The third-order valence-corrected chi connectivity index (χ3v) is 3.35. The van der Waals surface area contributed by atoms with Gasteiger partial charge in [0.25, 0.3) is 0 Å². The van der Waals surface area contributed by atoms with E-state index in [1.807, 2.05) is 0 Å². The molecule has 0 aromatic carbocycles. The highest BCUT2D eigenvalue weighted by Crippen LogP contribution is 2.25. The Kier molecular flexibility index (Phi) is 5.09. The molecule has 0 radical (unpaired) electrons. The first kappa shape index (κ1) is 12.5. The summed E-state index contributed by atoms with van der Waals surface area (Å²) in [5, 5.41) is 3.52. The molecule has 2 atom stereocenters. The predicted molar refractivity (Wildman–Crippen MR) is 60.6 cm³/mol. The minimum absolute atomic E-state index is 0.0823. The van der Waals surface area contributed by atoms with Crippen molar-refractivity contribution in [2.24, 2.45) is 11.8 Å². The Labute approximate surface area is 92.6 Å². The SMILES string of the molecule is COC(=O)CC(C(C)C)C1CCCCN1. The van der Waals surface area contributed by atoms with Crippen LogP contribution in [-0.4, -0.2) is 25.7 Å². The van der Waals surface area contributed by atoms with E-state index in [1.165, 1.54) is 26.4 Å². The van der Waals surface area contributed by atoms with Crippen LogP contribution >= 0.6 is 0 Å². The summed E-state index contributed by atoms with van der Waals surface area (Å²) >= 11 is 0. The normalized spacial score (nSPS) is 23.9. The third-order valence-electron chi connectivity index (χ3n) is 3.35. The van der Waals surface area contributed by atoms with E-state index in [9.17, 15) is 4.79 Å². The third kappa shape index (κ3) is 3.82. The Morgan fingerprint density at radius 3 is 2.67 bits per heavy atom. The summed E-state index contributed by atoms with van der Waals surface area (Å²) in [7, 11) is 1.47. The van der Waals surface area contributed by atoms with Gasteiger partial charge < -0.3 is 10.1 Å². The molecule has 0 aliphatic carbocycles. The van der Waals surface area contributed by atoms with Gasteiger partial charge >= 0.3 is 5.97 Å². The summed E-state index contributed by atoms with van der Waals surface area (Å²) in [6.07, 6.45) is 4.28. The van der Waals surface area contributed by atoms with E-state index in [4.69, 9.17) is 4.74 Å². The molecule has 0 spiro atoms. The van der Waals surface area contributed by atoms with Crippen LogP contribution in [0.3, 0.4) is 0 Å². The van der Waals surface area contributed by atoms with Crippen LogP contribution in [0.15, 0.2) is 0 Å². The Bertz CT molecular complexity index is 198. The summed E-state index contributed by atoms with van der Waals surface area (Å²) < 4.78 is 4.75. The Hall–Kier alpha value is -0.570. The van der Waals surface area contributed by atoms with E-state index < -0.39 is 0 Å². The van der Waals surface area contributed by atoms with E-state index in [-0.39, 0.29) is 5.97 Å². The first-order valence-corrected chi connectivity index (χ1v) is 5.95. The topological polar surface area (TPSA) is 38.3 Å². The average Bonchev–Trinajstić information content (AvgIpc) is 2.26. The van der Waals surface area contributed by atoms with Gasteiger partial charge in [0.15, 0.2) is 0 Å². The van der Waals surface area contributed by atoms with Crippen LogP contribution < -0.4 is 5.32 Å². The van der Waals surface area contributed by atoms with Crippen molar-refractivity contribution in [2.75, 3.05) is 13.7 Å². The van der Waals surface area contributed by atoms with Crippen LogP contribution in [0.4, 0.5) is 0 Å². The van der Waals surface area contributed by atoms with Crippen molar-refractivity contribution in [3.8, 4) is 0 Å². The highest BCUT2D eigenvalue weighted by molar-refractivity contribution is 5.69. The van der Waals surface area contributed by atoms with Crippen molar-refractivity contribution in [1.82, 2.24) is 5.32 Å². The Balaban J connectivity index is 2.51. The fraction of sp³-hybridized carbons (Fsp3) is 0.917. The van der Waals surface area contributed by atoms with Gasteiger partial charge in [0.1, 0.15) is 0 Å².